The second-order valence-electron chi connectivity index (χ2n) is 16.0. The number of hydrogen-bond acceptors (Lipinski definition) is 6. The molecular formula is C45H50BrN3O5. The quantitative estimate of drug-likeness (QED) is 0.152. The fourth-order valence-electron chi connectivity index (χ4n) is 9.24. The number of aryl methyl sites for hydroxylation is 1. The molecule has 0 saturated carbocycles. The second-order valence-corrected chi connectivity index (χ2v) is 17.0. The molecule has 0 radical (unpaired) electrons. The van der Waals surface area contributed by atoms with Crippen LogP contribution in [-0.4, -0.2) is 71.3 Å². The summed E-state index contributed by atoms with van der Waals surface area (Å²) in [6.45, 7) is 10.6. The lowest BCUT2D eigenvalue weighted by atomic mass is 9.80. The molecule has 8 rings (SSSR count). The van der Waals surface area contributed by atoms with Crippen molar-refractivity contribution < 1.29 is 24.1 Å². The van der Waals surface area contributed by atoms with Crippen LogP contribution < -0.4 is 0 Å². The Hall–Kier alpha value is -4.02. The maximum Gasteiger partial charge on any atom is 0.410 e. The summed E-state index contributed by atoms with van der Waals surface area (Å²) < 4.78 is 21.6. The van der Waals surface area contributed by atoms with E-state index >= 15 is 0 Å². The van der Waals surface area contributed by atoms with Crippen LogP contribution in [0.2, 0.25) is 0 Å². The minimum Gasteiger partial charge on any atom is -0.448 e. The Morgan fingerprint density at radius 2 is 1.67 bits per heavy atom. The molecule has 2 bridgehead atoms. The van der Waals surface area contributed by atoms with Crippen molar-refractivity contribution in [3.8, 4) is 22.4 Å². The van der Waals surface area contributed by atoms with Gasteiger partial charge in [0, 0.05) is 53.3 Å². The van der Waals surface area contributed by atoms with E-state index in [1.807, 2.05) is 18.0 Å². The molecule has 282 valence electrons. The van der Waals surface area contributed by atoms with Gasteiger partial charge in [-0.1, -0.05) is 78.3 Å². The zero-order chi connectivity index (χ0) is 37.7. The van der Waals surface area contributed by atoms with Gasteiger partial charge < -0.3 is 23.9 Å². The van der Waals surface area contributed by atoms with E-state index < -0.39 is 0 Å². The van der Waals surface area contributed by atoms with Gasteiger partial charge in [-0.15, -0.1) is 0 Å². The predicted octanol–water partition coefficient (Wildman–Crippen LogP) is 9.65. The number of halogens is 1. The van der Waals surface area contributed by atoms with Gasteiger partial charge in [-0.3, -0.25) is 9.88 Å². The molecule has 3 aromatic carbocycles. The van der Waals surface area contributed by atoms with Gasteiger partial charge in [-0.05, 0) is 102 Å². The molecule has 5 aromatic rings. The number of piperidine rings is 1. The Bertz CT molecular complexity index is 2140. The largest absolute Gasteiger partial charge is 0.448 e. The number of carbonyl (C=O) groups is 1. The Morgan fingerprint density at radius 3 is 2.30 bits per heavy atom. The molecule has 2 fully saturated rings. The molecule has 9 heteroatoms. The number of aliphatic hydroxyl groups is 1. The van der Waals surface area contributed by atoms with Crippen molar-refractivity contribution in [2.75, 3.05) is 33.5 Å². The number of carbonyl (C=O) groups excluding carboxylic acids is 1. The highest BCUT2D eigenvalue weighted by atomic mass is 79.9. The van der Waals surface area contributed by atoms with Gasteiger partial charge in [0.15, 0.2) is 0 Å². The number of aromatic nitrogens is 2. The topological polar surface area (TPSA) is 86.1 Å². The molecule has 3 aliphatic rings. The number of amides is 1. The van der Waals surface area contributed by atoms with Gasteiger partial charge in [-0.25, -0.2) is 4.79 Å². The number of rotatable bonds is 10. The Balaban J connectivity index is 1.10. The van der Waals surface area contributed by atoms with Crippen molar-refractivity contribution in [2.45, 2.75) is 83.5 Å². The SMILES string of the molecule is CCn1c(-c2cc(C3CC4COCC(C3)N4C(=O)OCC3c4ccccc4-c4ccccc43)cnc2[C@H](C)OC)c(CC(C)(C)CO)c2cc(Br)ccc21. The molecule has 2 aromatic heterocycles. The maximum absolute atomic E-state index is 14.0. The number of nitrogens with zero attached hydrogens (tertiary/aromatic N) is 3. The van der Waals surface area contributed by atoms with Crippen LogP contribution >= 0.6 is 15.9 Å². The van der Waals surface area contributed by atoms with Gasteiger partial charge >= 0.3 is 6.09 Å². The monoisotopic (exact) mass is 791 g/mol. The molecule has 0 spiro atoms. The van der Waals surface area contributed by atoms with Crippen molar-refractivity contribution in [1.29, 1.82) is 0 Å². The van der Waals surface area contributed by atoms with Crippen LogP contribution in [0.25, 0.3) is 33.3 Å². The summed E-state index contributed by atoms with van der Waals surface area (Å²) in [5.41, 5.74) is 11.1. The Morgan fingerprint density at radius 1 is 1.00 bits per heavy atom. The molecule has 4 heterocycles. The third kappa shape index (κ3) is 6.57. The number of ether oxygens (including phenoxy) is 3. The number of pyridine rings is 1. The lowest BCUT2D eigenvalue weighted by molar-refractivity contribution is -0.0705. The third-order valence-corrected chi connectivity index (χ3v) is 12.5. The highest BCUT2D eigenvalue weighted by Gasteiger charge is 2.44. The highest BCUT2D eigenvalue weighted by Crippen LogP contribution is 2.46. The minimum absolute atomic E-state index is 0.0140. The molecule has 3 atom stereocenters. The van der Waals surface area contributed by atoms with E-state index in [9.17, 15) is 9.90 Å². The standard InChI is InChI=1S/C45H50BrN3O5/c1-6-48-41-16-15-30(46)20-37(41)39(21-45(3,4)26-50)43(48)38-19-29(22-47-42(38)27(2)52-5)28-17-31-23-53-24-32(18-28)49(31)44(51)54-25-40-35-13-9-7-11-33(35)34-12-8-10-14-36(34)40/h7-16,19-20,22,27-28,31-32,40,50H,6,17-18,21,23-26H2,1-5H3/t27-,28?,31?,32?/m0/s1. The van der Waals surface area contributed by atoms with Crippen LogP contribution in [0, 0.1) is 5.41 Å². The summed E-state index contributed by atoms with van der Waals surface area (Å²) in [5, 5.41) is 11.6. The van der Waals surface area contributed by atoms with Crippen molar-refractivity contribution in [2.24, 2.45) is 5.41 Å². The first kappa shape index (κ1) is 36.9. The van der Waals surface area contributed by atoms with Crippen LogP contribution in [0.3, 0.4) is 0 Å². The van der Waals surface area contributed by atoms with Crippen molar-refractivity contribution in [3.05, 3.63) is 111 Å². The average Bonchev–Trinajstić information content (AvgIpc) is 3.66. The Kier molecular flexibility index (Phi) is 10.2. The number of hydrogen-bond donors (Lipinski definition) is 1. The molecule has 1 amide bonds. The van der Waals surface area contributed by atoms with Crippen LogP contribution in [0.15, 0.2) is 83.5 Å². The van der Waals surface area contributed by atoms with E-state index in [2.05, 4.69) is 114 Å². The van der Waals surface area contributed by atoms with E-state index in [0.29, 0.717) is 26.2 Å². The summed E-state index contributed by atoms with van der Waals surface area (Å²) in [6.07, 6.45) is 3.75. The Labute approximate surface area is 326 Å². The van der Waals surface area contributed by atoms with Crippen LogP contribution in [0.1, 0.15) is 86.4 Å². The molecule has 54 heavy (non-hydrogen) atoms. The van der Waals surface area contributed by atoms with Gasteiger partial charge in [0.05, 0.1) is 42.8 Å². The smallest absolute Gasteiger partial charge is 0.410 e. The van der Waals surface area contributed by atoms with Gasteiger partial charge in [0.1, 0.15) is 6.61 Å². The molecule has 8 nitrogen and oxygen atoms in total. The molecule has 1 aliphatic carbocycles. The van der Waals surface area contributed by atoms with Crippen LogP contribution in [-0.2, 0) is 27.2 Å². The summed E-state index contributed by atoms with van der Waals surface area (Å²) in [5.74, 6) is 0.200. The number of benzene rings is 3. The summed E-state index contributed by atoms with van der Waals surface area (Å²) in [6, 6.07) is 25.5. The lowest BCUT2D eigenvalue weighted by Crippen LogP contribution is -2.58. The third-order valence-electron chi connectivity index (χ3n) is 12.0. The number of methoxy groups -OCH3 is 1. The fourth-order valence-corrected chi connectivity index (χ4v) is 9.60. The minimum atomic E-state index is -0.328. The summed E-state index contributed by atoms with van der Waals surface area (Å²) in [7, 11) is 1.73. The van der Waals surface area contributed by atoms with Crippen molar-refractivity contribution in [3.63, 3.8) is 0 Å². The average molecular weight is 793 g/mol. The van der Waals surface area contributed by atoms with Gasteiger partial charge in [-0.2, -0.15) is 0 Å². The normalized spacial score (nSPS) is 20.2. The first-order chi connectivity index (χ1) is 26.1. The van der Waals surface area contributed by atoms with E-state index in [1.54, 1.807) is 7.11 Å². The zero-order valence-corrected chi connectivity index (χ0v) is 33.4. The van der Waals surface area contributed by atoms with Crippen molar-refractivity contribution in [1.82, 2.24) is 14.5 Å². The molecule has 1 N–H and O–H groups in total. The molecule has 2 aliphatic heterocycles. The number of fused-ring (bicyclic) bond motifs is 6. The van der Waals surface area contributed by atoms with E-state index in [-0.39, 0.29) is 48.1 Å². The second kappa shape index (κ2) is 14.9. The van der Waals surface area contributed by atoms with E-state index in [1.165, 1.54) is 33.2 Å². The van der Waals surface area contributed by atoms with E-state index in [0.717, 1.165) is 51.9 Å². The van der Waals surface area contributed by atoms with Crippen molar-refractivity contribution >= 4 is 32.9 Å². The first-order valence-electron chi connectivity index (χ1n) is 19.3. The predicted molar refractivity (Wildman–Crippen MR) is 216 cm³/mol. The molecular weight excluding hydrogens is 742 g/mol. The fraction of sp³-hybridized carbons (Fsp3) is 0.422. The lowest BCUT2D eigenvalue weighted by Gasteiger charge is -2.47. The van der Waals surface area contributed by atoms with Crippen LogP contribution in [0.4, 0.5) is 4.79 Å². The maximum atomic E-state index is 14.0. The summed E-state index contributed by atoms with van der Waals surface area (Å²) in [4.78, 5) is 21.1. The summed E-state index contributed by atoms with van der Waals surface area (Å²) >= 11 is 3.73. The first-order valence-corrected chi connectivity index (χ1v) is 20.1. The number of aliphatic hydroxyl groups excluding tert-OH is 1. The van der Waals surface area contributed by atoms with Crippen LogP contribution in [0.5, 0.6) is 0 Å². The van der Waals surface area contributed by atoms with E-state index in [4.69, 9.17) is 19.2 Å². The molecule has 2 unspecified atom stereocenters. The molecule has 2 saturated heterocycles. The van der Waals surface area contributed by atoms with Gasteiger partial charge in [0.25, 0.3) is 0 Å². The van der Waals surface area contributed by atoms with Gasteiger partial charge in [0.2, 0.25) is 0 Å². The highest BCUT2D eigenvalue weighted by molar-refractivity contribution is 9.10. The zero-order valence-electron chi connectivity index (χ0n) is 31.8. The number of morpholine rings is 1.